The molecule has 0 spiro atoms. The van der Waals surface area contributed by atoms with Crippen LogP contribution in [0.5, 0.6) is 0 Å². The molecule has 1 saturated heterocycles. The number of benzene rings is 2. The number of aryl methyl sites for hydroxylation is 2. The smallest absolute Gasteiger partial charge is 0.255 e. The summed E-state index contributed by atoms with van der Waals surface area (Å²) in [5, 5.41) is 2.95. The number of primary amides is 1. The van der Waals surface area contributed by atoms with Crippen LogP contribution in [0.1, 0.15) is 44.9 Å². The summed E-state index contributed by atoms with van der Waals surface area (Å²) in [7, 11) is 0. The maximum atomic E-state index is 13.0. The zero-order valence-electron chi connectivity index (χ0n) is 16.5. The lowest BCUT2D eigenvalue weighted by atomic mass is 10.1. The SMILES string of the molecule is Cc1nc2ccc(C(=O)Nc3cc(C(N)=O)ccc3N3CCCC3)cc2nc1C. The normalized spacial score (nSPS) is 13.7. The zero-order valence-corrected chi connectivity index (χ0v) is 16.5. The summed E-state index contributed by atoms with van der Waals surface area (Å²) in [6.45, 7) is 5.64. The minimum Gasteiger partial charge on any atom is -0.370 e. The van der Waals surface area contributed by atoms with Crippen LogP contribution in [0.2, 0.25) is 0 Å². The van der Waals surface area contributed by atoms with Crippen LogP contribution in [-0.4, -0.2) is 34.9 Å². The predicted octanol–water partition coefficient (Wildman–Crippen LogP) is 3.20. The molecule has 2 heterocycles. The highest BCUT2D eigenvalue weighted by Crippen LogP contribution is 2.30. The molecule has 29 heavy (non-hydrogen) atoms. The molecule has 7 heteroatoms. The van der Waals surface area contributed by atoms with Gasteiger partial charge in [0.05, 0.1) is 33.8 Å². The molecule has 2 aromatic carbocycles. The van der Waals surface area contributed by atoms with Crippen molar-refractivity contribution in [2.45, 2.75) is 26.7 Å². The topological polar surface area (TPSA) is 101 Å². The molecule has 0 saturated carbocycles. The molecule has 0 aliphatic carbocycles. The Kier molecular flexibility index (Phi) is 4.88. The fourth-order valence-electron chi connectivity index (χ4n) is 3.59. The first-order valence-corrected chi connectivity index (χ1v) is 9.67. The number of nitrogens with one attached hydrogen (secondary N) is 1. The van der Waals surface area contributed by atoms with Gasteiger partial charge in [-0.05, 0) is 63.1 Å². The van der Waals surface area contributed by atoms with Crippen molar-refractivity contribution in [3.05, 3.63) is 58.9 Å². The van der Waals surface area contributed by atoms with Crippen LogP contribution in [0.4, 0.5) is 11.4 Å². The fraction of sp³-hybridized carbons (Fsp3) is 0.273. The Balaban J connectivity index is 1.68. The lowest BCUT2D eigenvalue weighted by Crippen LogP contribution is -2.22. The van der Waals surface area contributed by atoms with E-state index in [0.29, 0.717) is 22.3 Å². The summed E-state index contributed by atoms with van der Waals surface area (Å²) in [5.41, 5.74) is 10.9. The van der Waals surface area contributed by atoms with Crippen LogP contribution in [0.15, 0.2) is 36.4 Å². The number of amides is 2. The summed E-state index contributed by atoms with van der Waals surface area (Å²) in [4.78, 5) is 35.8. The second-order valence-corrected chi connectivity index (χ2v) is 7.34. The molecule has 4 rings (SSSR count). The number of carbonyl (C=O) groups is 2. The van der Waals surface area contributed by atoms with Gasteiger partial charge in [0.25, 0.3) is 5.91 Å². The van der Waals surface area contributed by atoms with Gasteiger partial charge >= 0.3 is 0 Å². The van der Waals surface area contributed by atoms with Crippen molar-refractivity contribution >= 4 is 34.2 Å². The van der Waals surface area contributed by atoms with Crippen LogP contribution >= 0.6 is 0 Å². The number of nitrogens with two attached hydrogens (primary N) is 1. The van der Waals surface area contributed by atoms with Gasteiger partial charge in [0.1, 0.15) is 0 Å². The second kappa shape index (κ2) is 7.50. The number of aromatic nitrogens is 2. The Morgan fingerprint density at radius 1 is 0.931 bits per heavy atom. The number of hydrogen-bond donors (Lipinski definition) is 2. The van der Waals surface area contributed by atoms with Gasteiger partial charge in [-0.3, -0.25) is 9.59 Å². The summed E-state index contributed by atoms with van der Waals surface area (Å²) in [6.07, 6.45) is 2.21. The minimum atomic E-state index is -0.528. The summed E-state index contributed by atoms with van der Waals surface area (Å²) in [6, 6.07) is 10.4. The van der Waals surface area contributed by atoms with Crippen molar-refractivity contribution in [2.24, 2.45) is 5.73 Å². The van der Waals surface area contributed by atoms with Crippen LogP contribution in [0, 0.1) is 13.8 Å². The van der Waals surface area contributed by atoms with E-state index in [4.69, 9.17) is 5.73 Å². The molecular formula is C22H23N5O2. The number of nitrogens with zero attached hydrogens (tertiary/aromatic N) is 3. The average molecular weight is 389 g/mol. The van der Waals surface area contributed by atoms with Gasteiger partial charge in [-0.15, -0.1) is 0 Å². The molecule has 2 amide bonds. The van der Waals surface area contributed by atoms with Gasteiger partial charge in [0.15, 0.2) is 0 Å². The van der Waals surface area contributed by atoms with Crippen LogP contribution in [0.3, 0.4) is 0 Å². The molecule has 1 aliphatic rings. The molecule has 0 bridgehead atoms. The van der Waals surface area contributed by atoms with E-state index >= 15 is 0 Å². The third-order valence-electron chi connectivity index (χ3n) is 5.31. The van der Waals surface area contributed by atoms with E-state index in [9.17, 15) is 9.59 Å². The molecule has 0 atom stereocenters. The van der Waals surface area contributed by atoms with Gasteiger partial charge in [0, 0.05) is 24.2 Å². The quantitative estimate of drug-likeness (QED) is 0.714. The lowest BCUT2D eigenvalue weighted by Gasteiger charge is -2.22. The van der Waals surface area contributed by atoms with E-state index in [1.807, 2.05) is 19.9 Å². The average Bonchev–Trinajstić information content (AvgIpc) is 3.23. The number of anilines is 2. The van der Waals surface area contributed by atoms with E-state index in [-0.39, 0.29) is 5.91 Å². The maximum absolute atomic E-state index is 13.0. The summed E-state index contributed by atoms with van der Waals surface area (Å²) >= 11 is 0. The molecule has 0 unspecified atom stereocenters. The van der Waals surface area contributed by atoms with E-state index in [2.05, 4.69) is 20.2 Å². The minimum absolute atomic E-state index is 0.269. The van der Waals surface area contributed by atoms with Crippen LogP contribution in [-0.2, 0) is 0 Å². The Bertz CT molecular complexity index is 1120. The Labute approximate surface area is 168 Å². The van der Waals surface area contributed by atoms with Crippen molar-refractivity contribution < 1.29 is 9.59 Å². The summed E-state index contributed by atoms with van der Waals surface area (Å²) in [5.74, 6) is -0.797. The van der Waals surface area contributed by atoms with Gasteiger partial charge in [-0.25, -0.2) is 9.97 Å². The van der Waals surface area contributed by atoms with Crippen molar-refractivity contribution in [1.82, 2.24) is 9.97 Å². The highest BCUT2D eigenvalue weighted by Gasteiger charge is 2.19. The van der Waals surface area contributed by atoms with Gasteiger partial charge in [-0.2, -0.15) is 0 Å². The van der Waals surface area contributed by atoms with Gasteiger partial charge in [0.2, 0.25) is 5.91 Å². The third-order valence-corrected chi connectivity index (χ3v) is 5.31. The highest BCUT2D eigenvalue weighted by atomic mass is 16.2. The van der Waals surface area contributed by atoms with Gasteiger partial charge in [-0.1, -0.05) is 0 Å². The van der Waals surface area contributed by atoms with Gasteiger partial charge < -0.3 is 16.0 Å². The second-order valence-electron chi connectivity index (χ2n) is 7.34. The zero-order chi connectivity index (χ0) is 20.5. The number of hydrogen-bond acceptors (Lipinski definition) is 5. The van der Waals surface area contributed by atoms with Crippen molar-refractivity contribution in [1.29, 1.82) is 0 Å². The first-order valence-electron chi connectivity index (χ1n) is 9.67. The standard InChI is InChI=1S/C22H23N5O2/c1-13-14(2)25-18-12-16(5-7-17(18)24-13)22(29)26-19-11-15(21(23)28)6-8-20(19)27-9-3-4-10-27/h5-8,11-12H,3-4,9-10H2,1-2H3,(H2,23,28)(H,26,29). The molecule has 7 nitrogen and oxygen atoms in total. The molecule has 1 aliphatic heterocycles. The van der Waals surface area contributed by atoms with E-state index < -0.39 is 5.91 Å². The van der Waals surface area contributed by atoms with E-state index in [1.165, 1.54) is 0 Å². The molecular weight excluding hydrogens is 366 g/mol. The Morgan fingerprint density at radius 3 is 2.28 bits per heavy atom. The highest BCUT2D eigenvalue weighted by molar-refractivity contribution is 6.08. The number of fused-ring (bicyclic) bond motifs is 1. The number of rotatable bonds is 4. The van der Waals surface area contributed by atoms with E-state index in [0.717, 1.165) is 48.5 Å². The molecule has 148 valence electrons. The van der Waals surface area contributed by atoms with Crippen molar-refractivity contribution in [3.8, 4) is 0 Å². The molecule has 1 aromatic heterocycles. The van der Waals surface area contributed by atoms with Crippen molar-refractivity contribution in [3.63, 3.8) is 0 Å². The Hall–Kier alpha value is -3.48. The molecule has 0 radical (unpaired) electrons. The molecule has 3 N–H and O–H groups in total. The lowest BCUT2D eigenvalue weighted by molar-refractivity contribution is 0.0996. The van der Waals surface area contributed by atoms with Crippen LogP contribution in [0.25, 0.3) is 11.0 Å². The first-order chi connectivity index (χ1) is 13.9. The largest absolute Gasteiger partial charge is 0.370 e. The first kappa shape index (κ1) is 18.9. The van der Waals surface area contributed by atoms with E-state index in [1.54, 1.807) is 30.3 Å². The third kappa shape index (κ3) is 3.76. The number of carbonyl (C=O) groups excluding carboxylic acids is 2. The monoisotopic (exact) mass is 389 g/mol. The Morgan fingerprint density at radius 2 is 1.59 bits per heavy atom. The molecule has 3 aromatic rings. The van der Waals surface area contributed by atoms with Crippen molar-refractivity contribution in [2.75, 3.05) is 23.3 Å². The maximum Gasteiger partial charge on any atom is 0.255 e. The molecule has 1 fully saturated rings. The summed E-state index contributed by atoms with van der Waals surface area (Å²) < 4.78 is 0. The van der Waals surface area contributed by atoms with Crippen LogP contribution < -0.4 is 16.0 Å². The predicted molar refractivity (Wildman–Crippen MR) is 113 cm³/mol. The fourth-order valence-corrected chi connectivity index (χ4v) is 3.59.